The van der Waals surface area contributed by atoms with Crippen molar-refractivity contribution in [2.45, 2.75) is 6.92 Å². The molecule has 0 saturated carbocycles. The van der Waals surface area contributed by atoms with Crippen LogP contribution in [0.5, 0.6) is 5.75 Å². The first-order valence-corrected chi connectivity index (χ1v) is 9.90. The van der Waals surface area contributed by atoms with Crippen molar-refractivity contribution in [2.75, 3.05) is 17.2 Å². The van der Waals surface area contributed by atoms with Crippen LogP contribution < -0.4 is 15.4 Å². The van der Waals surface area contributed by atoms with Crippen LogP contribution in [0.25, 0.3) is 0 Å². The fourth-order valence-corrected chi connectivity index (χ4v) is 4.08. The topological polar surface area (TPSA) is 50.4 Å². The molecule has 6 heteroatoms. The molecule has 0 spiro atoms. The Morgan fingerprint density at radius 3 is 2.22 bits per heavy atom. The van der Waals surface area contributed by atoms with Crippen molar-refractivity contribution in [3.05, 3.63) is 81.2 Å². The van der Waals surface area contributed by atoms with Crippen LogP contribution in [-0.4, -0.2) is 12.5 Å². The van der Waals surface area contributed by atoms with Gasteiger partial charge in [-0.1, -0.05) is 34.1 Å². The Labute approximate surface area is 175 Å². The molecule has 0 bridgehead atoms. The number of halogens is 2. The summed E-state index contributed by atoms with van der Waals surface area (Å²) in [7, 11) is 0. The number of carbonyl (C=O) groups is 1. The molecule has 0 atom stereocenters. The van der Waals surface area contributed by atoms with Gasteiger partial charge in [0.2, 0.25) is 0 Å². The summed E-state index contributed by atoms with van der Waals surface area (Å²) >= 11 is 6.88. The van der Waals surface area contributed by atoms with Gasteiger partial charge in [0.05, 0.1) is 4.47 Å². The highest BCUT2D eigenvalue weighted by Crippen LogP contribution is 2.32. The Kier molecular flexibility index (Phi) is 6.53. The summed E-state index contributed by atoms with van der Waals surface area (Å²) in [5.74, 6) is 0.448. The van der Waals surface area contributed by atoms with Crippen LogP contribution >= 0.6 is 31.9 Å². The van der Waals surface area contributed by atoms with Gasteiger partial charge in [-0.2, -0.15) is 0 Å². The van der Waals surface area contributed by atoms with Gasteiger partial charge in [0.25, 0.3) is 5.91 Å². The largest absolute Gasteiger partial charge is 0.482 e. The van der Waals surface area contributed by atoms with Crippen molar-refractivity contribution in [3.8, 4) is 5.75 Å². The molecule has 0 fully saturated rings. The fourth-order valence-electron chi connectivity index (χ4n) is 2.53. The zero-order valence-electron chi connectivity index (χ0n) is 14.6. The van der Waals surface area contributed by atoms with Gasteiger partial charge in [-0.3, -0.25) is 4.79 Å². The molecular weight excluding hydrogens is 472 g/mol. The van der Waals surface area contributed by atoms with E-state index >= 15 is 0 Å². The van der Waals surface area contributed by atoms with Crippen molar-refractivity contribution < 1.29 is 9.53 Å². The van der Waals surface area contributed by atoms with Gasteiger partial charge in [0.1, 0.15) is 5.75 Å². The van der Waals surface area contributed by atoms with E-state index in [2.05, 4.69) is 42.5 Å². The zero-order valence-corrected chi connectivity index (χ0v) is 17.8. The van der Waals surface area contributed by atoms with E-state index in [0.717, 1.165) is 25.9 Å². The third-order valence-corrected chi connectivity index (χ3v) is 4.82. The third-order valence-electron chi connectivity index (χ3n) is 3.77. The van der Waals surface area contributed by atoms with Gasteiger partial charge in [0.15, 0.2) is 6.61 Å². The minimum Gasteiger partial charge on any atom is -0.482 e. The number of aryl methyl sites for hydroxylation is 1. The summed E-state index contributed by atoms with van der Waals surface area (Å²) in [6.07, 6.45) is 0. The second-order valence-corrected chi connectivity index (χ2v) is 7.71. The van der Waals surface area contributed by atoms with Crippen LogP contribution in [0, 0.1) is 6.92 Å². The number of ether oxygens (including phenoxy) is 1. The van der Waals surface area contributed by atoms with Crippen LogP contribution in [0.3, 0.4) is 0 Å². The number of para-hydroxylation sites is 1. The first-order chi connectivity index (χ1) is 13.0. The standard InChI is InChI=1S/C21H18Br2N2O2/c1-14-11-15(22)12-19(23)21(14)27-13-20(26)25-18-9-7-17(8-10-18)24-16-5-3-2-4-6-16/h2-12,24H,13H2,1H3,(H,25,26). The lowest BCUT2D eigenvalue weighted by Gasteiger charge is -2.12. The Hall–Kier alpha value is -2.31. The Morgan fingerprint density at radius 2 is 1.56 bits per heavy atom. The molecule has 0 aliphatic heterocycles. The Bertz CT molecular complexity index is 906. The number of carbonyl (C=O) groups excluding carboxylic acids is 1. The van der Waals surface area contributed by atoms with Gasteiger partial charge in [0, 0.05) is 21.5 Å². The first-order valence-electron chi connectivity index (χ1n) is 8.32. The van der Waals surface area contributed by atoms with E-state index in [1.165, 1.54) is 0 Å². The average Bonchev–Trinajstić information content (AvgIpc) is 2.63. The number of hydrogen-bond donors (Lipinski definition) is 2. The smallest absolute Gasteiger partial charge is 0.262 e. The molecular formula is C21H18Br2N2O2. The monoisotopic (exact) mass is 488 g/mol. The summed E-state index contributed by atoms with van der Waals surface area (Å²) in [4.78, 5) is 12.2. The minimum atomic E-state index is -0.215. The quantitative estimate of drug-likeness (QED) is 0.428. The minimum absolute atomic E-state index is 0.0644. The molecule has 0 unspecified atom stereocenters. The highest BCUT2D eigenvalue weighted by atomic mass is 79.9. The lowest BCUT2D eigenvalue weighted by Crippen LogP contribution is -2.20. The van der Waals surface area contributed by atoms with E-state index in [0.29, 0.717) is 11.4 Å². The highest BCUT2D eigenvalue weighted by molar-refractivity contribution is 9.11. The molecule has 27 heavy (non-hydrogen) atoms. The summed E-state index contributed by atoms with van der Waals surface area (Å²) < 4.78 is 7.42. The predicted octanol–water partition coefficient (Wildman–Crippen LogP) is 6.28. The summed E-state index contributed by atoms with van der Waals surface area (Å²) in [6.45, 7) is 1.87. The highest BCUT2D eigenvalue weighted by Gasteiger charge is 2.10. The molecule has 0 saturated heterocycles. The number of rotatable bonds is 6. The van der Waals surface area contributed by atoms with Crippen molar-refractivity contribution in [3.63, 3.8) is 0 Å². The molecule has 0 aliphatic carbocycles. The number of amides is 1. The van der Waals surface area contributed by atoms with Crippen molar-refractivity contribution in [1.82, 2.24) is 0 Å². The Morgan fingerprint density at radius 1 is 0.926 bits per heavy atom. The van der Waals surface area contributed by atoms with Crippen LogP contribution in [0.4, 0.5) is 17.1 Å². The van der Waals surface area contributed by atoms with E-state index in [4.69, 9.17) is 4.74 Å². The summed E-state index contributed by atoms with van der Waals surface area (Å²) in [6, 6.07) is 21.3. The molecule has 0 aliphatic rings. The molecule has 3 aromatic carbocycles. The molecule has 0 radical (unpaired) electrons. The van der Waals surface area contributed by atoms with E-state index in [1.54, 1.807) is 0 Å². The van der Waals surface area contributed by atoms with Gasteiger partial charge >= 0.3 is 0 Å². The maximum atomic E-state index is 12.2. The second kappa shape index (κ2) is 9.06. The number of hydrogen-bond acceptors (Lipinski definition) is 3. The average molecular weight is 490 g/mol. The van der Waals surface area contributed by atoms with E-state index in [9.17, 15) is 4.79 Å². The SMILES string of the molecule is Cc1cc(Br)cc(Br)c1OCC(=O)Nc1ccc(Nc2ccccc2)cc1. The third kappa shape index (κ3) is 5.58. The maximum absolute atomic E-state index is 12.2. The molecule has 0 heterocycles. The second-order valence-electron chi connectivity index (χ2n) is 5.94. The summed E-state index contributed by atoms with van der Waals surface area (Å²) in [5, 5.41) is 6.14. The van der Waals surface area contributed by atoms with Crippen LogP contribution in [0.15, 0.2) is 75.7 Å². The van der Waals surface area contributed by atoms with Gasteiger partial charge in [-0.15, -0.1) is 0 Å². The Balaban J connectivity index is 1.55. The van der Waals surface area contributed by atoms with E-state index in [-0.39, 0.29) is 12.5 Å². The molecule has 3 aromatic rings. The normalized spacial score (nSPS) is 10.3. The molecule has 1 amide bonds. The summed E-state index contributed by atoms with van der Waals surface area (Å²) in [5.41, 5.74) is 3.62. The lowest BCUT2D eigenvalue weighted by atomic mass is 10.2. The van der Waals surface area contributed by atoms with Crippen molar-refractivity contribution >= 4 is 54.8 Å². The lowest BCUT2D eigenvalue weighted by molar-refractivity contribution is -0.118. The van der Waals surface area contributed by atoms with E-state index in [1.807, 2.05) is 73.7 Å². The van der Waals surface area contributed by atoms with Gasteiger partial charge in [-0.05, 0) is 76.9 Å². The fraction of sp³-hybridized carbons (Fsp3) is 0.0952. The van der Waals surface area contributed by atoms with E-state index < -0.39 is 0 Å². The van der Waals surface area contributed by atoms with Crippen LogP contribution in [0.2, 0.25) is 0 Å². The molecule has 0 aromatic heterocycles. The van der Waals surface area contributed by atoms with Gasteiger partial charge in [-0.25, -0.2) is 0 Å². The van der Waals surface area contributed by atoms with Crippen molar-refractivity contribution in [1.29, 1.82) is 0 Å². The van der Waals surface area contributed by atoms with Crippen LogP contribution in [-0.2, 0) is 4.79 Å². The number of nitrogens with one attached hydrogen (secondary N) is 2. The molecule has 4 nitrogen and oxygen atoms in total. The predicted molar refractivity (Wildman–Crippen MR) is 117 cm³/mol. The maximum Gasteiger partial charge on any atom is 0.262 e. The number of benzene rings is 3. The molecule has 2 N–H and O–H groups in total. The number of anilines is 3. The molecule has 3 rings (SSSR count). The molecule has 138 valence electrons. The van der Waals surface area contributed by atoms with Crippen molar-refractivity contribution in [2.24, 2.45) is 0 Å². The zero-order chi connectivity index (χ0) is 19.2. The van der Waals surface area contributed by atoms with Crippen LogP contribution in [0.1, 0.15) is 5.56 Å². The van der Waals surface area contributed by atoms with Gasteiger partial charge < -0.3 is 15.4 Å². The first kappa shape index (κ1) is 19.5.